The number of rotatable bonds is 15. The molecule has 1 aliphatic rings. The minimum Gasteiger partial charge on any atom is -0.508 e. The SMILES string of the molecule is CC(C)[C@H](NC(=O)OCC1c2ccccc2-c2ccccc21)C(=O)N[C@@H](CCCNC(N)=O)C(=O)N[C@@H](Cc1ccc(O)cc1)C(=O)O. The first-order chi connectivity index (χ1) is 22.9. The number of primary amides is 1. The van der Waals surface area contributed by atoms with Crippen molar-refractivity contribution >= 4 is 29.9 Å². The molecular weight excluding hydrogens is 618 g/mol. The Morgan fingerprint density at radius 2 is 1.40 bits per heavy atom. The van der Waals surface area contributed by atoms with Crippen molar-refractivity contribution < 1.29 is 38.9 Å². The number of nitrogens with two attached hydrogens (primary N) is 1. The average molecular weight is 660 g/mol. The number of fused-ring (bicyclic) bond motifs is 3. The summed E-state index contributed by atoms with van der Waals surface area (Å²) in [5.74, 6) is -3.32. The lowest BCUT2D eigenvalue weighted by molar-refractivity contribution is -0.142. The Morgan fingerprint density at radius 1 is 0.812 bits per heavy atom. The number of phenols is 1. The third-order valence-corrected chi connectivity index (χ3v) is 8.16. The standard InChI is InChI=1S/C35H41N5O8/c1-20(2)30(40-35(47)48-19-27-25-10-5-3-8-23(25)24-9-4-6-11-26(24)27)32(43)38-28(12-7-17-37-34(36)46)31(42)39-29(33(44)45)18-21-13-15-22(41)16-14-21/h3-6,8-11,13-16,20,27-30,41H,7,12,17-19H2,1-2H3,(H,38,43)(H,39,42)(H,40,47)(H,44,45)(H3,36,37,46)/t28-,29-,30-/m0/s1. The van der Waals surface area contributed by atoms with Crippen molar-refractivity contribution in [3.05, 3.63) is 89.5 Å². The number of carboxylic acids is 1. The molecule has 1 aliphatic carbocycles. The first-order valence-corrected chi connectivity index (χ1v) is 15.7. The molecule has 0 bridgehead atoms. The number of phenolic OH excluding ortho intramolecular Hbond substituents is 1. The Kier molecular flexibility index (Phi) is 12.0. The van der Waals surface area contributed by atoms with Crippen LogP contribution in [0.2, 0.25) is 0 Å². The van der Waals surface area contributed by atoms with Gasteiger partial charge in [0.05, 0.1) is 0 Å². The molecule has 0 aliphatic heterocycles. The molecule has 0 unspecified atom stereocenters. The summed E-state index contributed by atoms with van der Waals surface area (Å²) in [6.45, 7) is 3.59. The van der Waals surface area contributed by atoms with E-state index in [0.29, 0.717) is 5.56 Å². The van der Waals surface area contributed by atoms with Crippen molar-refractivity contribution in [1.29, 1.82) is 0 Å². The summed E-state index contributed by atoms with van der Waals surface area (Å²) in [6.07, 6.45) is -0.636. The summed E-state index contributed by atoms with van der Waals surface area (Å²) in [7, 11) is 0. The minimum absolute atomic E-state index is 0.00778. The molecular formula is C35H41N5O8. The van der Waals surface area contributed by atoms with Crippen LogP contribution in [0.15, 0.2) is 72.8 Å². The normalized spacial score (nSPS) is 13.7. The maximum absolute atomic E-state index is 13.5. The number of aromatic hydroxyl groups is 1. The van der Waals surface area contributed by atoms with Gasteiger partial charge in [-0.3, -0.25) is 9.59 Å². The topological polar surface area (TPSA) is 209 Å². The molecule has 0 heterocycles. The molecule has 0 spiro atoms. The maximum Gasteiger partial charge on any atom is 0.407 e. The highest BCUT2D eigenvalue weighted by atomic mass is 16.5. The van der Waals surface area contributed by atoms with E-state index >= 15 is 0 Å². The third-order valence-electron chi connectivity index (χ3n) is 8.16. The number of hydrogen-bond acceptors (Lipinski definition) is 7. The van der Waals surface area contributed by atoms with Gasteiger partial charge in [0.1, 0.15) is 30.5 Å². The first kappa shape index (κ1) is 35.3. The van der Waals surface area contributed by atoms with Crippen LogP contribution in [0.25, 0.3) is 11.1 Å². The van der Waals surface area contributed by atoms with Gasteiger partial charge in [-0.15, -0.1) is 0 Å². The molecule has 8 N–H and O–H groups in total. The van der Waals surface area contributed by atoms with Crippen LogP contribution < -0.4 is 27.0 Å². The molecule has 4 rings (SSSR count). The van der Waals surface area contributed by atoms with Gasteiger partial charge in [-0.1, -0.05) is 74.5 Å². The first-order valence-electron chi connectivity index (χ1n) is 15.7. The zero-order valence-corrected chi connectivity index (χ0v) is 26.8. The summed E-state index contributed by atoms with van der Waals surface area (Å²) in [4.78, 5) is 63.1. The van der Waals surface area contributed by atoms with Crippen LogP contribution in [-0.4, -0.2) is 71.4 Å². The van der Waals surface area contributed by atoms with Crippen molar-refractivity contribution in [3.8, 4) is 16.9 Å². The molecule has 3 aromatic carbocycles. The van der Waals surface area contributed by atoms with E-state index in [2.05, 4.69) is 21.3 Å². The zero-order valence-electron chi connectivity index (χ0n) is 26.8. The summed E-state index contributed by atoms with van der Waals surface area (Å²) < 4.78 is 5.63. The van der Waals surface area contributed by atoms with Gasteiger partial charge >= 0.3 is 18.1 Å². The molecule has 0 fully saturated rings. The van der Waals surface area contributed by atoms with E-state index in [1.54, 1.807) is 13.8 Å². The molecule has 254 valence electrons. The Balaban J connectivity index is 1.42. The molecule has 13 nitrogen and oxygen atoms in total. The molecule has 0 saturated carbocycles. The number of aliphatic carboxylic acids is 1. The highest BCUT2D eigenvalue weighted by Crippen LogP contribution is 2.44. The van der Waals surface area contributed by atoms with Gasteiger partial charge in [0, 0.05) is 18.9 Å². The number of carbonyl (C=O) groups excluding carboxylic acids is 4. The van der Waals surface area contributed by atoms with Crippen LogP contribution in [-0.2, 0) is 25.5 Å². The number of benzene rings is 3. The van der Waals surface area contributed by atoms with Gasteiger partial charge in [-0.2, -0.15) is 0 Å². The molecule has 3 aromatic rings. The third kappa shape index (κ3) is 9.24. The quantitative estimate of drug-likeness (QED) is 0.120. The Bertz CT molecular complexity index is 1580. The molecule has 48 heavy (non-hydrogen) atoms. The van der Waals surface area contributed by atoms with E-state index in [4.69, 9.17) is 10.5 Å². The molecule has 3 atom stereocenters. The number of carbonyl (C=O) groups is 5. The molecule has 0 saturated heterocycles. The number of carboxylic acid groups (broad SMARTS) is 1. The summed E-state index contributed by atoms with van der Waals surface area (Å²) in [5, 5.41) is 29.5. The van der Waals surface area contributed by atoms with Crippen LogP contribution in [0, 0.1) is 5.92 Å². The number of urea groups is 1. The van der Waals surface area contributed by atoms with Crippen molar-refractivity contribution in [2.45, 2.75) is 57.2 Å². The van der Waals surface area contributed by atoms with E-state index in [0.717, 1.165) is 22.3 Å². The monoisotopic (exact) mass is 659 g/mol. The number of hydrogen-bond donors (Lipinski definition) is 7. The Hall–Kier alpha value is -5.59. The zero-order chi connectivity index (χ0) is 34.8. The summed E-state index contributed by atoms with van der Waals surface area (Å²) >= 11 is 0. The Morgan fingerprint density at radius 3 is 1.96 bits per heavy atom. The lowest BCUT2D eigenvalue weighted by Crippen LogP contribution is -2.57. The number of alkyl carbamates (subject to hydrolysis) is 1. The minimum atomic E-state index is -1.34. The summed E-state index contributed by atoms with van der Waals surface area (Å²) in [5.41, 5.74) is 9.91. The van der Waals surface area contributed by atoms with E-state index < -0.39 is 54.0 Å². The van der Waals surface area contributed by atoms with Crippen LogP contribution >= 0.6 is 0 Å². The number of amides is 5. The number of ether oxygens (including phenoxy) is 1. The van der Waals surface area contributed by atoms with Crippen LogP contribution in [0.4, 0.5) is 9.59 Å². The molecule has 0 aromatic heterocycles. The van der Waals surface area contributed by atoms with Gasteiger partial charge in [0.25, 0.3) is 0 Å². The van der Waals surface area contributed by atoms with Crippen LogP contribution in [0.1, 0.15) is 49.3 Å². The lowest BCUT2D eigenvalue weighted by atomic mass is 9.98. The average Bonchev–Trinajstić information content (AvgIpc) is 3.37. The molecule has 0 radical (unpaired) electrons. The molecule has 5 amide bonds. The van der Waals surface area contributed by atoms with Gasteiger partial charge in [0.15, 0.2) is 0 Å². The fourth-order valence-corrected chi connectivity index (χ4v) is 5.69. The predicted octanol–water partition coefficient (Wildman–Crippen LogP) is 3.00. The largest absolute Gasteiger partial charge is 0.508 e. The maximum atomic E-state index is 13.5. The van der Waals surface area contributed by atoms with E-state index in [1.807, 2.05) is 48.5 Å². The smallest absolute Gasteiger partial charge is 0.407 e. The van der Waals surface area contributed by atoms with Gasteiger partial charge in [0.2, 0.25) is 11.8 Å². The second-order valence-electron chi connectivity index (χ2n) is 12.0. The summed E-state index contributed by atoms with van der Waals surface area (Å²) in [6, 6.07) is 17.3. The van der Waals surface area contributed by atoms with Crippen molar-refractivity contribution in [1.82, 2.24) is 21.3 Å². The van der Waals surface area contributed by atoms with E-state index in [1.165, 1.54) is 24.3 Å². The van der Waals surface area contributed by atoms with E-state index in [-0.39, 0.29) is 44.1 Å². The fourth-order valence-electron chi connectivity index (χ4n) is 5.69. The second-order valence-corrected chi connectivity index (χ2v) is 12.0. The van der Waals surface area contributed by atoms with Crippen molar-refractivity contribution in [3.63, 3.8) is 0 Å². The van der Waals surface area contributed by atoms with Crippen LogP contribution in [0.3, 0.4) is 0 Å². The lowest BCUT2D eigenvalue weighted by Gasteiger charge is -2.26. The van der Waals surface area contributed by atoms with Crippen molar-refractivity contribution in [2.24, 2.45) is 11.7 Å². The Labute approximate surface area is 278 Å². The van der Waals surface area contributed by atoms with E-state index in [9.17, 15) is 34.2 Å². The van der Waals surface area contributed by atoms with Crippen LogP contribution in [0.5, 0.6) is 5.75 Å². The van der Waals surface area contributed by atoms with Gasteiger partial charge < -0.3 is 42.0 Å². The highest BCUT2D eigenvalue weighted by Gasteiger charge is 2.33. The highest BCUT2D eigenvalue weighted by molar-refractivity contribution is 5.93. The molecule has 13 heteroatoms. The fraction of sp³-hybridized carbons (Fsp3) is 0.343. The van der Waals surface area contributed by atoms with Crippen molar-refractivity contribution in [2.75, 3.05) is 13.2 Å². The van der Waals surface area contributed by atoms with Gasteiger partial charge in [-0.25, -0.2) is 14.4 Å². The predicted molar refractivity (Wildman–Crippen MR) is 177 cm³/mol. The van der Waals surface area contributed by atoms with Gasteiger partial charge in [-0.05, 0) is 58.7 Å². The number of nitrogens with one attached hydrogen (secondary N) is 4. The second kappa shape index (κ2) is 16.3.